The summed E-state index contributed by atoms with van der Waals surface area (Å²) >= 11 is 0. The molecule has 0 bridgehead atoms. The van der Waals surface area contributed by atoms with Gasteiger partial charge in [-0.3, -0.25) is 4.98 Å². The van der Waals surface area contributed by atoms with Crippen LogP contribution in [0, 0.1) is 24.6 Å². The van der Waals surface area contributed by atoms with Gasteiger partial charge in [0.1, 0.15) is 11.6 Å². The van der Waals surface area contributed by atoms with Crippen LogP contribution in [0.15, 0.2) is 36.5 Å². The van der Waals surface area contributed by atoms with Crippen molar-refractivity contribution in [3.05, 3.63) is 59.2 Å². The fourth-order valence-electron chi connectivity index (χ4n) is 4.93. The van der Waals surface area contributed by atoms with Gasteiger partial charge in [-0.2, -0.15) is 0 Å². The number of halogens is 1. The van der Waals surface area contributed by atoms with Gasteiger partial charge in [0.2, 0.25) is 0 Å². The maximum atomic E-state index is 13.3. The van der Waals surface area contributed by atoms with Gasteiger partial charge in [0.25, 0.3) is 0 Å². The van der Waals surface area contributed by atoms with Crippen LogP contribution in [-0.2, 0) is 12.8 Å². The van der Waals surface area contributed by atoms with Gasteiger partial charge in [-0.05, 0) is 67.0 Å². The number of aryl methyl sites for hydroxylation is 1. The Labute approximate surface area is 159 Å². The summed E-state index contributed by atoms with van der Waals surface area (Å²) in [6, 6.07) is 8.40. The third kappa shape index (κ3) is 4.14. The summed E-state index contributed by atoms with van der Waals surface area (Å²) in [5.41, 5.74) is 2.30. The van der Waals surface area contributed by atoms with Crippen molar-refractivity contribution in [2.75, 3.05) is 19.6 Å². The van der Waals surface area contributed by atoms with Crippen LogP contribution < -0.4 is 0 Å². The zero-order valence-electron chi connectivity index (χ0n) is 15.7. The minimum Gasteiger partial charge on any atom is -0.506 e. The highest BCUT2D eigenvalue weighted by atomic mass is 19.1. The van der Waals surface area contributed by atoms with Crippen LogP contribution in [0.5, 0.6) is 5.75 Å². The lowest BCUT2D eigenvalue weighted by molar-refractivity contribution is 0.0353. The molecule has 4 rings (SSSR count). The van der Waals surface area contributed by atoms with Crippen LogP contribution >= 0.6 is 0 Å². The number of likely N-dealkylation sites (tertiary alicyclic amines) is 1. The number of pyridine rings is 1. The molecule has 27 heavy (non-hydrogen) atoms. The van der Waals surface area contributed by atoms with Crippen molar-refractivity contribution in [1.82, 2.24) is 9.88 Å². The summed E-state index contributed by atoms with van der Waals surface area (Å²) in [5, 5.41) is 20.4. The number of hydrogen-bond donors (Lipinski definition) is 2. The van der Waals surface area contributed by atoms with Gasteiger partial charge in [-0.15, -0.1) is 0 Å². The Hall–Kier alpha value is -1.98. The minimum absolute atomic E-state index is 0.199. The number of benzene rings is 1. The van der Waals surface area contributed by atoms with E-state index in [-0.39, 0.29) is 11.6 Å². The molecule has 4 nitrogen and oxygen atoms in total. The molecule has 2 aliphatic rings. The number of aromatic hydroxyl groups is 1. The van der Waals surface area contributed by atoms with Crippen LogP contribution in [0.2, 0.25) is 0 Å². The number of aromatic nitrogens is 1. The molecule has 1 aliphatic heterocycles. The topological polar surface area (TPSA) is 56.6 Å². The first-order valence-electron chi connectivity index (χ1n) is 9.74. The lowest BCUT2D eigenvalue weighted by Gasteiger charge is -2.26. The van der Waals surface area contributed by atoms with E-state index >= 15 is 0 Å². The van der Waals surface area contributed by atoms with E-state index in [9.17, 15) is 14.6 Å². The number of nitrogens with zero attached hydrogens (tertiary/aromatic N) is 2. The first-order valence-corrected chi connectivity index (χ1v) is 9.74. The Bertz CT molecular complexity index is 794. The Morgan fingerprint density at radius 3 is 2.56 bits per heavy atom. The van der Waals surface area contributed by atoms with Gasteiger partial charge in [0.05, 0.1) is 11.8 Å². The molecule has 2 fully saturated rings. The molecular weight excluding hydrogens is 343 g/mol. The van der Waals surface area contributed by atoms with E-state index in [1.165, 1.54) is 12.3 Å². The monoisotopic (exact) mass is 370 g/mol. The highest BCUT2D eigenvalue weighted by Crippen LogP contribution is 2.45. The molecule has 0 radical (unpaired) electrons. The van der Waals surface area contributed by atoms with Crippen molar-refractivity contribution < 1.29 is 14.6 Å². The second-order valence-corrected chi connectivity index (χ2v) is 8.42. The predicted octanol–water partition coefficient (Wildman–Crippen LogP) is 3.09. The molecule has 0 amide bonds. The van der Waals surface area contributed by atoms with Crippen LogP contribution in [0.4, 0.5) is 4.39 Å². The minimum atomic E-state index is -0.664. The van der Waals surface area contributed by atoms with Crippen molar-refractivity contribution in [3.8, 4) is 5.75 Å². The van der Waals surface area contributed by atoms with Gasteiger partial charge in [-0.25, -0.2) is 4.39 Å². The highest BCUT2D eigenvalue weighted by Gasteiger charge is 2.48. The summed E-state index contributed by atoms with van der Waals surface area (Å²) in [6.07, 6.45) is 4.62. The predicted molar refractivity (Wildman–Crippen MR) is 102 cm³/mol. The van der Waals surface area contributed by atoms with Crippen molar-refractivity contribution in [2.24, 2.45) is 11.8 Å². The second-order valence-electron chi connectivity index (χ2n) is 8.42. The lowest BCUT2D eigenvalue weighted by Crippen LogP contribution is -2.33. The summed E-state index contributed by atoms with van der Waals surface area (Å²) in [6.45, 7) is 4.91. The highest BCUT2D eigenvalue weighted by molar-refractivity contribution is 5.28. The number of fused-ring (bicyclic) bond motifs is 1. The van der Waals surface area contributed by atoms with Crippen LogP contribution in [0.1, 0.15) is 29.7 Å². The van der Waals surface area contributed by atoms with E-state index in [4.69, 9.17) is 0 Å². The molecule has 2 unspecified atom stereocenters. The van der Waals surface area contributed by atoms with Crippen molar-refractivity contribution in [2.45, 2.75) is 38.2 Å². The third-order valence-corrected chi connectivity index (χ3v) is 6.25. The van der Waals surface area contributed by atoms with E-state index in [0.717, 1.165) is 55.7 Å². The SMILES string of the molecule is Cc1cc(F)ccc1CC1(O)CC2CN(CCc3ccc(O)cn3)CC2C1. The van der Waals surface area contributed by atoms with Crippen molar-refractivity contribution in [3.63, 3.8) is 0 Å². The fourth-order valence-corrected chi connectivity index (χ4v) is 4.93. The Morgan fingerprint density at radius 1 is 1.19 bits per heavy atom. The summed E-state index contributed by atoms with van der Waals surface area (Å²) < 4.78 is 13.3. The zero-order valence-corrected chi connectivity index (χ0v) is 15.7. The molecule has 144 valence electrons. The van der Waals surface area contributed by atoms with E-state index < -0.39 is 5.60 Å². The molecule has 2 atom stereocenters. The average molecular weight is 370 g/mol. The molecule has 1 aromatic heterocycles. The van der Waals surface area contributed by atoms with Crippen LogP contribution in [0.25, 0.3) is 0 Å². The Balaban J connectivity index is 1.31. The first-order chi connectivity index (χ1) is 12.9. The lowest BCUT2D eigenvalue weighted by atomic mass is 9.89. The average Bonchev–Trinajstić information content (AvgIpc) is 3.11. The Morgan fingerprint density at radius 2 is 1.93 bits per heavy atom. The molecule has 1 aromatic carbocycles. The van der Waals surface area contributed by atoms with Crippen molar-refractivity contribution >= 4 is 0 Å². The standard InChI is InChI=1S/C22H27FN2O2/c1-15-8-19(23)3-2-16(15)9-22(27)10-17-13-25(14-18(17)11-22)7-6-20-4-5-21(26)12-24-20/h2-5,8,12,17-18,26-27H,6-7,9-11,13-14H2,1H3. The first kappa shape index (κ1) is 18.4. The largest absolute Gasteiger partial charge is 0.506 e. The van der Waals surface area contributed by atoms with E-state index in [2.05, 4.69) is 9.88 Å². The fraction of sp³-hybridized carbons (Fsp3) is 0.500. The maximum absolute atomic E-state index is 13.3. The molecule has 2 aromatic rings. The smallest absolute Gasteiger partial charge is 0.133 e. The maximum Gasteiger partial charge on any atom is 0.133 e. The second kappa shape index (κ2) is 7.21. The molecule has 1 saturated carbocycles. The Kier molecular flexibility index (Phi) is 4.91. The zero-order chi connectivity index (χ0) is 19.0. The summed E-state index contributed by atoms with van der Waals surface area (Å²) in [4.78, 5) is 6.72. The van der Waals surface area contributed by atoms with Crippen LogP contribution in [0.3, 0.4) is 0 Å². The molecule has 0 spiro atoms. The number of hydrogen-bond acceptors (Lipinski definition) is 4. The third-order valence-electron chi connectivity index (χ3n) is 6.25. The quantitative estimate of drug-likeness (QED) is 0.849. The molecule has 5 heteroatoms. The normalized spacial score (nSPS) is 27.8. The molecule has 2 heterocycles. The molecule has 1 aliphatic carbocycles. The van der Waals surface area contributed by atoms with Gasteiger partial charge < -0.3 is 15.1 Å². The number of rotatable bonds is 5. The van der Waals surface area contributed by atoms with Gasteiger partial charge in [0.15, 0.2) is 0 Å². The van der Waals surface area contributed by atoms with Gasteiger partial charge in [-0.1, -0.05) is 6.07 Å². The van der Waals surface area contributed by atoms with Crippen LogP contribution in [-0.4, -0.2) is 45.3 Å². The summed E-state index contributed by atoms with van der Waals surface area (Å²) in [7, 11) is 0. The van der Waals surface area contributed by atoms with Crippen molar-refractivity contribution in [1.29, 1.82) is 0 Å². The summed E-state index contributed by atoms with van der Waals surface area (Å²) in [5.74, 6) is 1.04. The van der Waals surface area contributed by atoms with Gasteiger partial charge in [0, 0.05) is 38.2 Å². The number of aliphatic hydroxyl groups is 1. The molecule has 2 N–H and O–H groups in total. The molecular formula is C22H27FN2O2. The van der Waals surface area contributed by atoms with Gasteiger partial charge >= 0.3 is 0 Å². The van der Waals surface area contributed by atoms with E-state index in [1.54, 1.807) is 12.1 Å². The van der Waals surface area contributed by atoms with E-state index in [0.29, 0.717) is 18.3 Å². The van der Waals surface area contributed by atoms with E-state index in [1.807, 2.05) is 19.1 Å². The molecule has 1 saturated heterocycles.